The van der Waals surface area contributed by atoms with Crippen LogP contribution in [0.25, 0.3) is 0 Å². The third-order valence-electron chi connectivity index (χ3n) is 4.42. The lowest BCUT2D eigenvalue weighted by Crippen LogP contribution is -2.24. The van der Waals surface area contributed by atoms with Crippen molar-refractivity contribution in [1.29, 1.82) is 0 Å². The average Bonchev–Trinajstić information content (AvgIpc) is 2.79. The Labute approximate surface area is 181 Å². The fraction of sp³-hybridized carbons (Fsp3) is 0.167. The van der Waals surface area contributed by atoms with Crippen LogP contribution in [0, 0.1) is 0 Å². The van der Waals surface area contributed by atoms with Crippen molar-refractivity contribution < 1.29 is 19.1 Å². The Balaban J connectivity index is 1.64. The lowest BCUT2D eigenvalue weighted by atomic mass is 10.1. The summed E-state index contributed by atoms with van der Waals surface area (Å²) in [5, 5.41) is 8.66. The Bertz CT molecular complexity index is 1040. The fourth-order valence-electron chi connectivity index (χ4n) is 2.95. The molecule has 0 heterocycles. The first-order chi connectivity index (χ1) is 15.1. The lowest BCUT2D eigenvalue weighted by molar-refractivity contribution is -0.114. The number of amides is 2. The maximum atomic E-state index is 12.8. The normalized spacial score (nSPS) is 10.1. The molecule has 0 saturated carbocycles. The van der Waals surface area contributed by atoms with E-state index in [0.717, 1.165) is 5.75 Å². The van der Waals surface area contributed by atoms with E-state index in [-0.39, 0.29) is 18.4 Å². The van der Waals surface area contributed by atoms with Crippen LogP contribution in [0.1, 0.15) is 17.3 Å². The summed E-state index contributed by atoms with van der Waals surface area (Å²) in [5.41, 5.74) is 2.13. The molecule has 160 valence electrons. The molecule has 7 nitrogen and oxygen atoms in total. The van der Waals surface area contributed by atoms with Gasteiger partial charge < -0.3 is 25.4 Å². The molecule has 2 amide bonds. The summed E-state index contributed by atoms with van der Waals surface area (Å²) in [6, 6.07) is 21.3. The SMILES string of the molecule is CCOc1ccc(NC(=O)c2ccccc2NC(=O)CNc2ccccc2OC)cc1. The minimum Gasteiger partial charge on any atom is -0.495 e. The summed E-state index contributed by atoms with van der Waals surface area (Å²) in [6.07, 6.45) is 0. The molecule has 0 atom stereocenters. The van der Waals surface area contributed by atoms with Gasteiger partial charge in [-0.3, -0.25) is 9.59 Å². The summed E-state index contributed by atoms with van der Waals surface area (Å²) < 4.78 is 10.7. The monoisotopic (exact) mass is 419 g/mol. The number of carbonyl (C=O) groups is 2. The summed E-state index contributed by atoms with van der Waals surface area (Å²) in [6.45, 7) is 2.51. The predicted molar refractivity (Wildman–Crippen MR) is 122 cm³/mol. The highest BCUT2D eigenvalue weighted by Gasteiger charge is 2.14. The van der Waals surface area contributed by atoms with Crippen LogP contribution in [-0.2, 0) is 4.79 Å². The number of hydrogen-bond acceptors (Lipinski definition) is 5. The van der Waals surface area contributed by atoms with Crippen LogP contribution < -0.4 is 25.4 Å². The molecule has 0 bridgehead atoms. The minimum absolute atomic E-state index is 0.0230. The molecule has 0 aliphatic heterocycles. The summed E-state index contributed by atoms with van der Waals surface area (Å²) in [5.74, 6) is 0.770. The topological polar surface area (TPSA) is 88.7 Å². The fourth-order valence-corrected chi connectivity index (χ4v) is 2.95. The van der Waals surface area contributed by atoms with Gasteiger partial charge in [0.05, 0.1) is 37.2 Å². The largest absolute Gasteiger partial charge is 0.495 e. The molecule has 0 radical (unpaired) electrons. The standard InChI is InChI=1S/C24H25N3O4/c1-3-31-18-14-12-17(13-15-18)26-24(29)19-8-4-5-9-20(19)27-23(28)16-25-21-10-6-7-11-22(21)30-2/h4-15,25H,3,16H2,1-2H3,(H,26,29)(H,27,28). The van der Waals surface area contributed by atoms with Gasteiger partial charge in [0.2, 0.25) is 5.91 Å². The van der Waals surface area contributed by atoms with Crippen molar-refractivity contribution >= 4 is 28.9 Å². The van der Waals surface area contributed by atoms with Crippen molar-refractivity contribution in [1.82, 2.24) is 0 Å². The van der Waals surface area contributed by atoms with Gasteiger partial charge in [-0.2, -0.15) is 0 Å². The molecule has 7 heteroatoms. The molecule has 0 aromatic heterocycles. The van der Waals surface area contributed by atoms with Crippen molar-refractivity contribution in [3.63, 3.8) is 0 Å². The number of rotatable bonds is 9. The van der Waals surface area contributed by atoms with Crippen LogP contribution in [0.15, 0.2) is 72.8 Å². The molecule has 3 aromatic rings. The van der Waals surface area contributed by atoms with E-state index in [2.05, 4.69) is 16.0 Å². The third kappa shape index (κ3) is 5.99. The number of para-hydroxylation sites is 3. The number of benzene rings is 3. The zero-order valence-electron chi connectivity index (χ0n) is 17.5. The van der Waals surface area contributed by atoms with E-state index in [1.165, 1.54) is 0 Å². The molecule has 3 N–H and O–H groups in total. The van der Waals surface area contributed by atoms with E-state index in [1.807, 2.05) is 25.1 Å². The van der Waals surface area contributed by atoms with Gasteiger partial charge >= 0.3 is 0 Å². The molecular formula is C24H25N3O4. The maximum absolute atomic E-state index is 12.8. The van der Waals surface area contributed by atoms with E-state index in [4.69, 9.17) is 9.47 Å². The van der Waals surface area contributed by atoms with Gasteiger partial charge in [0.15, 0.2) is 0 Å². The highest BCUT2D eigenvalue weighted by atomic mass is 16.5. The number of carbonyl (C=O) groups excluding carboxylic acids is 2. The highest BCUT2D eigenvalue weighted by molar-refractivity contribution is 6.10. The van der Waals surface area contributed by atoms with E-state index in [0.29, 0.717) is 35.0 Å². The Morgan fingerprint density at radius 2 is 1.52 bits per heavy atom. The quantitative estimate of drug-likeness (QED) is 0.479. The molecule has 0 spiro atoms. The van der Waals surface area contributed by atoms with E-state index < -0.39 is 0 Å². The molecule has 0 saturated heterocycles. The van der Waals surface area contributed by atoms with Crippen molar-refractivity contribution in [3.8, 4) is 11.5 Å². The van der Waals surface area contributed by atoms with Crippen LogP contribution in [0.5, 0.6) is 11.5 Å². The first-order valence-corrected chi connectivity index (χ1v) is 9.90. The Hall–Kier alpha value is -4.00. The molecule has 3 aromatic carbocycles. The van der Waals surface area contributed by atoms with Crippen LogP contribution in [0.4, 0.5) is 17.1 Å². The third-order valence-corrected chi connectivity index (χ3v) is 4.42. The second-order valence-corrected chi connectivity index (χ2v) is 6.56. The van der Waals surface area contributed by atoms with Crippen LogP contribution in [0.2, 0.25) is 0 Å². The Morgan fingerprint density at radius 3 is 2.23 bits per heavy atom. The summed E-state index contributed by atoms with van der Waals surface area (Å²) in [4.78, 5) is 25.2. The van der Waals surface area contributed by atoms with Gasteiger partial charge in [0, 0.05) is 5.69 Å². The highest BCUT2D eigenvalue weighted by Crippen LogP contribution is 2.23. The van der Waals surface area contributed by atoms with Gasteiger partial charge in [-0.15, -0.1) is 0 Å². The minimum atomic E-state index is -0.322. The van der Waals surface area contributed by atoms with Gasteiger partial charge in [-0.05, 0) is 55.5 Å². The zero-order chi connectivity index (χ0) is 22.1. The molecule has 0 fully saturated rings. The number of nitrogens with one attached hydrogen (secondary N) is 3. The van der Waals surface area contributed by atoms with Crippen LogP contribution in [-0.4, -0.2) is 32.1 Å². The Morgan fingerprint density at radius 1 is 0.839 bits per heavy atom. The molecular weight excluding hydrogens is 394 g/mol. The van der Waals surface area contributed by atoms with Gasteiger partial charge in [-0.25, -0.2) is 0 Å². The van der Waals surface area contributed by atoms with Crippen molar-refractivity contribution in [3.05, 3.63) is 78.4 Å². The van der Waals surface area contributed by atoms with Crippen molar-refractivity contribution in [2.45, 2.75) is 6.92 Å². The van der Waals surface area contributed by atoms with Crippen LogP contribution >= 0.6 is 0 Å². The maximum Gasteiger partial charge on any atom is 0.257 e. The molecule has 0 unspecified atom stereocenters. The molecule has 0 aliphatic rings. The molecule has 0 aliphatic carbocycles. The van der Waals surface area contributed by atoms with Gasteiger partial charge in [-0.1, -0.05) is 24.3 Å². The Kier molecular flexibility index (Phi) is 7.48. The number of hydrogen-bond donors (Lipinski definition) is 3. The lowest BCUT2D eigenvalue weighted by Gasteiger charge is -2.13. The van der Waals surface area contributed by atoms with Crippen molar-refractivity contribution in [2.75, 3.05) is 36.2 Å². The van der Waals surface area contributed by atoms with E-state index >= 15 is 0 Å². The molecule has 31 heavy (non-hydrogen) atoms. The van der Waals surface area contributed by atoms with Crippen LogP contribution in [0.3, 0.4) is 0 Å². The average molecular weight is 419 g/mol. The predicted octanol–water partition coefficient (Wildman–Crippen LogP) is 4.40. The van der Waals surface area contributed by atoms with E-state index in [9.17, 15) is 9.59 Å². The number of anilines is 3. The van der Waals surface area contributed by atoms with E-state index in [1.54, 1.807) is 61.7 Å². The first kappa shape index (κ1) is 21.7. The summed E-state index contributed by atoms with van der Waals surface area (Å²) in [7, 11) is 1.57. The second-order valence-electron chi connectivity index (χ2n) is 6.56. The second kappa shape index (κ2) is 10.7. The zero-order valence-corrected chi connectivity index (χ0v) is 17.5. The van der Waals surface area contributed by atoms with Crippen molar-refractivity contribution in [2.24, 2.45) is 0 Å². The molecule has 3 rings (SSSR count). The number of methoxy groups -OCH3 is 1. The van der Waals surface area contributed by atoms with Gasteiger partial charge in [0.25, 0.3) is 5.91 Å². The van der Waals surface area contributed by atoms with Gasteiger partial charge in [0.1, 0.15) is 11.5 Å². The first-order valence-electron chi connectivity index (χ1n) is 9.90. The smallest absolute Gasteiger partial charge is 0.257 e. The summed E-state index contributed by atoms with van der Waals surface area (Å²) >= 11 is 0. The number of ether oxygens (including phenoxy) is 2.